The molecule has 64 heavy (non-hydrogen) atoms. The first-order valence-electron chi connectivity index (χ1n) is 19.3. The molecule has 0 aliphatic carbocycles. The third-order valence-corrected chi connectivity index (χ3v) is 14.2. The number of anilines is 2. The minimum Gasteiger partial charge on any atom is -0.455 e. The average Bonchev–Trinajstić information content (AvgIpc) is 3.87. The number of azide groups is 1. The first-order valence-corrected chi connectivity index (χ1v) is 24.5. The van der Waals surface area contributed by atoms with Gasteiger partial charge in [-0.3, -0.25) is 22.7 Å². The maximum absolute atomic E-state index is 14.2. The van der Waals surface area contributed by atoms with Gasteiger partial charge in [-0.05, 0) is 43.9 Å². The molecule has 1 amide bonds. The van der Waals surface area contributed by atoms with Crippen LogP contribution in [0.3, 0.4) is 0 Å². The van der Waals surface area contributed by atoms with Crippen LogP contribution in [0.4, 0.5) is 16.4 Å². The summed E-state index contributed by atoms with van der Waals surface area (Å²) in [5.41, 5.74) is 19.8. The van der Waals surface area contributed by atoms with Gasteiger partial charge in [-0.2, -0.15) is 4.98 Å². The molecular weight excluding hydrogens is 931 g/mol. The second-order valence-electron chi connectivity index (χ2n) is 16.4. The highest BCUT2D eigenvalue weighted by Crippen LogP contribution is 2.51. The van der Waals surface area contributed by atoms with E-state index in [0.29, 0.717) is 0 Å². The molecule has 5 unspecified atom stereocenters. The Morgan fingerprint density at radius 3 is 2.48 bits per heavy atom. The van der Waals surface area contributed by atoms with Gasteiger partial charge in [-0.1, -0.05) is 49.3 Å². The molecule has 2 fully saturated rings. The molecule has 5 heterocycles. The molecule has 5 rings (SSSR count). The third-order valence-electron chi connectivity index (χ3n) is 8.84. The number of nitrogens with zero attached hydrogens (tertiary/aromatic N) is 9. The number of imidazole rings is 1. The largest absolute Gasteiger partial charge is 0.472 e. The molecule has 2 aliphatic heterocycles. The molecular formula is C33H50N12O15P2S2. The normalized spacial score (nSPS) is 24.7. The number of esters is 1. The molecule has 354 valence electrons. The molecule has 0 saturated carbocycles. The fourth-order valence-corrected chi connectivity index (χ4v) is 9.94. The second-order valence-corrected chi connectivity index (χ2v) is 22.5. The van der Waals surface area contributed by atoms with Crippen molar-refractivity contribution in [1.29, 1.82) is 0 Å². The minimum absolute atomic E-state index is 0.0268. The van der Waals surface area contributed by atoms with Gasteiger partial charge in [0, 0.05) is 33.9 Å². The van der Waals surface area contributed by atoms with Crippen LogP contribution in [-0.2, 0) is 52.3 Å². The minimum atomic E-state index is -5.19. The number of nitrogens with two attached hydrogens (primary N) is 2. The third kappa shape index (κ3) is 13.7. The van der Waals surface area contributed by atoms with Crippen molar-refractivity contribution >= 4 is 72.1 Å². The predicted molar refractivity (Wildman–Crippen MR) is 228 cm³/mol. The zero-order chi connectivity index (χ0) is 47.4. The number of rotatable bonds is 18. The lowest BCUT2D eigenvalue weighted by Crippen LogP contribution is -2.49. The Morgan fingerprint density at radius 2 is 1.84 bits per heavy atom. The van der Waals surface area contributed by atoms with Gasteiger partial charge < -0.3 is 50.4 Å². The molecule has 2 saturated heterocycles. The van der Waals surface area contributed by atoms with Gasteiger partial charge >= 0.3 is 33.4 Å². The first kappa shape index (κ1) is 50.9. The highest BCUT2D eigenvalue weighted by Gasteiger charge is 2.55. The zero-order valence-corrected chi connectivity index (χ0v) is 38.9. The van der Waals surface area contributed by atoms with Crippen molar-refractivity contribution in [2.24, 2.45) is 5.11 Å². The molecule has 2 aliphatic rings. The van der Waals surface area contributed by atoms with Crippen LogP contribution in [0.15, 0.2) is 34.8 Å². The lowest BCUT2D eigenvalue weighted by molar-refractivity contribution is -0.177. The second kappa shape index (κ2) is 20.2. The number of carbonyl (C=O) groups is 2. The Kier molecular flexibility index (Phi) is 16.1. The van der Waals surface area contributed by atoms with Gasteiger partial charge in [-0.15, -0.1) is 0 Å². The summed E-state index contributed by atoms with van der Waals surface area (Å²) < 4.78 is 65.8. The van der Waals surface area contributed by atoms with E-state index in [9.17, 15) is 43.7 Å². The molecule has 0 aromatic carbocycles. The molecule has 3 aromatic heterocycles. The quantitative estimate of drug-likeness (QED) is 0.0265. The lowest BCUT2D eigenvalue weighted by Gasteiger charge is -2.32. The van der Waals surface area contributed by atoms with Crippen LogP contribution in [0.25, 0.3) is 21.6 Å². The topological polar surface area (TPSA) is 385 Å². The van der Waals surface area contributed by atoms with E-state index in [4.69, 9.17) is 39.5 Å². The molecule has 8 N–H and O–H groups in total. The number of aromatic nitrogens is 6. The predicted octanol–water partition coefficient (Wildman–Crippen LogP) is 3.62. The summed E-state index contributed by atoms with van der Waals surface area (Å²) in [6, 6.07) is -0.0395. The number of carbonyl (C=O) groups excluding carboxylic acids is 2. The van der Waals surface area contributed by atoms with Crippen molar-refractivity contribution in [2.75, 3.05) is 24.7 Å². The number of fused-ring (bicyclic) bond motifs is 1. The summed E-state index contributed by atoms with van der Waals surface area (Å²) >= 11 is 0. The van der Waals surface area contributed by atoms with Crippen LogP contribution >= 0.6 is 37.2 Å². The van der Waals surface area contributed by atoms with Crippen LogP contribution in [0.2, 0.25) is 0 Å². The summed E-state index contributed by atoms with van der Waals surface area (Å²) in [7, 11) is -7.22. The van der Waals surface area contributed by atoms with Crippen LogP contribution in [0, 0.1) is 0 Å². The number of hydrogen-bond donors (Lipinski definition) is 6. The van der Waals surface area contributed by atoms with E-state index in [-0.39, 0.29) is 52.1 Å². The van der Waals surface area contributed by atoms with E-state index in [1.165, 1.54) is 23.1 Å². The fraction of sp³-hybridized carbons (Fsp3) is 0.667. The molecule has 27 nitrogen and oxygen atoms in total. The Morgan fingerprint density at radius 1 is 1.12 bits per heavy atom. The first-order chi connectivity index (χ1) is 29.7. The number of nitrogen functional groups attached to an aromatic ring is 2. The number of ether oxygens (including phenoxy) is 4. The zero-order valence-electron chi connectivity index (χ0n) is 35.5. The van der Waals surface area contributed by atoms with E-state index in [1.807, 2.05) is 27.7 Å². The Bertz CT molecular complexity index is 2370. The summed E-state index contributed by atoms with van der Waals surface area (Å²) in [5, 5.41) is 6.25. The summed E-state index contributed by atoms with van der Waals surface area (Å²) in [5.74, 6) is -3.51. The van der Waals surface area contributed by atoms with Crippen LogP contribution in [0.1, 0.15) is 74.0 Å². The number of phosphoric acid groups is 2. The Balaban J connectivity index is 1.42. The van der Waals surface area contributed by atoms with E-state index >= 15 is 0 Å². The Hall–Kier alpha value is -4.08. The van der Waals surface area contributed by atoms with Crippen LogP contribution in [0.5, 0.6) is 0 Å². The van der Waals surface area contributed by atoms with Crippen molar-refractivity contribution < 1.29 is 65.9 Å². The molecule has 3 aromatic rings. The van der Waals surface area contributed by atoms with Gasteiger partial charge in [0.25, 0.3) is 5.85 Å². The van der Waals surface area contributed by atoms with Crippen molar-refractivity contribution in [3.63, 3.8) is 0 Å². The average molecular weight is 981 g/mol. The van der Waals surface area contributed by atoms with Gasteiger partial charge in [-0.25, -0.2) is 38.5 Å². The summed E-state index contributed by atoms with van der Waals surface area (Å²) in [6.07, 6.45) is -5.14. The fourth-order valence-electron chi connectivity index (χ4n) is 6.30. The monoisotopic (exact) mass is 980 g/mol. The van der Waals surface area contributed by atoms with Gasteiger partial charge in [0.2, 0.25) is 0 Å². The van der Waals surface area contributed by atoms with E-state index in [1.54, 1.807) is 31.6 Å². The van der Waals surface area contributed by atoms with Gasteiger partial charge in [0.1, 0.15) is 47.7 Å². The number of alkyl carbamates (subject to hydrolysis) is 1. The highest BCUT2D eigenvalue weighted by molar-refractivity contribution is 8.77. The number of amides is 1. The molecule has 31 heteroatoms. The molecule has 0 radical (unpaired) electrons. The maximum Gasteiger partial charge on any atom is 0.472 e. The summed E-state index contributed by atoms with van der Waals surface area (Å²) in [4.78, 5) is 88.4. The highest BCUT2D eigenvalue weighted by atomic mass is 33.1. The number of nitrogens with one attached hydrogen (secondary N) is 1. The molecule has 9 atom stereocenters. The maximum atomic E-state index is 14.2. The summed E-state index contributed by atoms with van der Waals surface area (Å²) in [6.45, 7) is 11.2. The van der Waals surface area contributed by atoms with Gasteiger partial charge in [0.15, 0.2) is 17.6 Å². The van der Waals surface area contributed by atoms with Crippen molar-refractivity contribution in [3.05, 3.63) is 45.8 Å². The Labute approximate surface area is 372 Å². The number of hydrogen-bond acceptors (Lipinski definition) is 21. The van der Waals surface area contributed by atoms with Crippen molar-refractivity contribution in [1.82, 2.24) is 34.4 Å². The van der Waals surface area contributed by atoms with E-state index < -0.39 is 94.7 Å². The standard InChI is InChI=1S/C33H50N12O15P2S2/c1-17(63-64-32(5,6)7)10-19(40-30(48)59-31(2,3)4)28(46)57-22-11-18(58-33(22,42-43-36)45-16-39-25-26(35)37-15-38-27(25)45)13-55-62(52,53)60-20-12-24(44-9-8-23(34)41-29(44)47)56-21(20)14-54-61(49,50)51/h8-9,15-22,24H,10-14H2,1-7H3,(H,40,48)(H,52,53)(H2,34,41,47)(H2,35,37,38)(H2,49,50,51)/t17?,18-,19?,20+,21?,22-,24?,33+/m1/s1. The van der Waals surface area contributed by atoms with Crippen LogP contribution < -0.4 is 22.5 Å². The smallest absolute Gasteiger partial charge is 0.455 e. The van der Waals surface area contributed by atoms with Crippen LogP contribution in [-0.4, -0.2) is 115 Å². The number of phosphoric ester groups is 2. The van der Waals surface area contributed by atoms with Crippen molar-refractivity contribution in [3.8, 4) is 0 Å². The van der Waals surface area contributed by atoms with E-state index in [2.05, 4.69) is 39.8 Å². The van der Waals surface area contributed by atoms with Gasteiger partial charge in [0.05, 0.1) is 25.6 Å². The molecule has 0 spiro atoms. The van der Waals surface area contributed by atoms with E-state index in [0.717, 1.165) is 21.8 Å². The SMILES string of the molecule is CC(CC(NC(=O)OC(C)(C)C)C(=O)O[C@@H]1C[C@H](COP(=O)(O)O[C@H]2CC(n3ccc(N)nc3=O)OC2COP(=O)(O)O)O[C@@]1(N=[N+]=[N-])n1cnc2c(N)ncnc21)SSC(C)(C)C. The molecule has 0 bridgehead atoms. The lowest BCUT2D eigenvalue weighted by atomic mass is 10.1. The van der Waals surface area contributed by atoms with Crippen molar-refractivity contribution in [2.45, 2.75) is 126 Å².